The van der Waals surface area contributed by atoms with Crippen LogP contribution in [0.25, 0.3) is 0 Å². The predicted molar refractivity (Wildman–Crippen MR) is 150 cm³/mol. The second-order valence-corrected chi connectivity index (χ2v) is 15.2. The minimum absolute atomic E-state index is 0.352. The second-order valence-electron chi connectivity index (χ2n) is 10.4. The highest BCUT2D eigenvalue weighted by atomic mass is 32.2. The lowest BCUT2D eigenvalue weighted by atomic mass is 9.79. The molecule has 4 aromatic rings. The third kappa shape index (κ3) is 3.48. The standard InChI is InChI=1S/C30H29BO2SSi/c1-29(2)30(3,4)33-31(32-29)22-18-20-24(21-19-22)35(23-12-6-5-7-13-23)27-16-10-8-14-25(27)34-26-15-9-11-17-28(26)35/h5-21H,1-4H3. The summed E-state index contributed by atoms with van der Waals surface area (Å²) in [6.07, 6.45) is 0. The lowest BCUT2D eigenvalue weighted by molar-refractivity contribution is 0.00578. The van der Waals surface area contributed by atoms with E-state index < -0.39 is 8.07 Å². The minimum atomic E-state index is -2.50. The molecule has 0 N–H and O–H groups in total. The van der Waals surface area contributed by atoms with E-state index in [1.807, 2.05) is 11.8 Å². The van der Waals surface area contributed by atoms with Gasteiger partial charge in [-0.15, -0.1) is 0 Å². The van der Waals surface area contributed by atoms with E-state index in [0.717, 1.165) is 5.46 Å². The van der Waals surface area contributed by atoms with Crippen LogP contribution in [-0.2, 0) is 9.31 Å². The molecule has 0 spiro atoms. The molecule has 2 nitrogen and oxygen atoms in total. The molecule has 4 aromatic carbocycles. The third-order valence-electron chi connectivity index (χ3n) is 7.88. The van der Waals surface area contributed by atoms with E-state index in [9.17, 15) is 0 Å². The van der Waals surface area contributed by atoms with Gasteiger partial charge in [0.1, 0.15) is 0 Å². The molecule has 35 heavy (non-hydrogen) atoms. The van der Waals surface area contributed by atoms with Crippen LogP contribution >= 0.6 is 11.8 Å². The first-order valence-electron chi connectivity index (χ1n) is 12.2. The predicted octanol–water partition coefficient (Wildman–Crippen LogP) is 3.83. The maximum absolute atomic E-state index is 6.34. The zero-order valence-electron chi connectivity index (χ0n) is 20.6. The number of hydrogen-bond acceptors (Lipinski definition) is 3. The van der Waals surface area contributed by atoms with E-state index in [0.29, 0.717) is 0 Å². The highest BCUT2D eigenvalue weighted by molar-refractivity contribution is 8.00. The normalized spacial score (nSPS) is 19.1. The quantitative estimate of drug-likeness (QED) is 0.357. The van der Waals surface area contributed by atoms with E-state index in [-0.39, 0.29) is 18.3 Å². The van der Waals surface area contributed by atoms with Gasteiger partial charge in [0.15, 0.2) is 8.07 Å². The molecule has 0 aromatic heterocycles. The Hall–Kier alpha value is -2.57. The number of hydrogen-bond donors (Lipinski definition) is 0. The monoisotopic (exact) mass is 492 g/mol. The van der Waals surface area contributed by atoms with Gasteiger partial charge in [-0.1, -0.05) is 103 Å². The van der Waals surface area contributed by atoms with Crippen LogP contribution in [0.3, 0.4) is 0 Å². The summed E-state index contributed by atoms with van der Waals surface area (Å²) in [5.41, 5.74) is 0.361. The second kappa shape index (κ2) is 8.24. The molecule has 2 aliphatic heterocycles. The molecule has 0 amide bonds. The van der Waals surface area contributed by atoms with Gasteiger partial charge in [0.05, 0.1) is 11.2 Å². The summed E-state index contributed by atoms with van der Waals surface area (Å²) in [5.74, 6) is 0. The van der Waals surface area contributed by atoms with E-state index in [1.54, 1.807) is 0 Å². The van der Waals surface area contributed by atoms with Crippen LogP contribution in [0.5, 0.6) is 0 Å². The molecule has 0 atom stereocenters. The molecule has 0 unspecified atom stereocenters. The Morgan fingerprint density at radius 2 is 1.03 bits per heavy atom. The van der Waals surface area contributed by atoms with Gasteiger partial charge in [-0.05, 0) is 66.0 Å². The fourth-order valence-corrected chi connectivity index (χ4v) is 12.3. The van der Waals surface area contributed by atoms with E-state index in [1.165, 1.54) is 30.5 Å². The van der Waals surface area contributed by atoms with Crippen LogP contribution in [0.4, 0.5) is 0 Å². The Kier molecular flexibility index (Phi) is 5.38. The maximum Gasteiger partial charge on any atom is 0.494 e. The summed E-state index contributed by atoms with van der Waals surface area (Å²) in [6, 6.07) is 38.1. The molecule has 5 heteroatoms. The Balaban J connectivity index is 1.55. The zero-order chi connectivity index (χ0) is 24.3. The largest absolute Gasteiger partial charge is 0.494 e. The van der Waals surface area contributed by atoms with Crippen LogP contribution in [-0.4, -0.2) is 26.4 Å². The van der Waals surface area contributed by atoms with E-state index >= 15 is 0 Å². The molecular formula is C30H29BO2SSi. The number of benzene rings is 4. The van der Waals surface area contributed by atoms with Gasteiger partial charge in [0.2, 0.25) is 0 Å². The van der Waals surface area contributed by atoms with Crippen molar-refractivity contribution in [1.29, 1.82) is 0 Å². The van der Waals surface area contributed by atoms with Crippen molar-refractivity contribution in [1.82, 2.24) is 0 Å². The number of rotatable bonds is 3. The molecule has 0 bridgehead atoms. The van der Waals surface area contributed by atoms with Crippen LogP contribution in [0.2, 0.25) is 0 Å². The van der Waals surface area contributed by atoms with Crippen molar-refractivity contribution in [3.05, 3.63) is 103 Å². The van der Waals surface area contributed by atoms with Gasteiger partial charge in [-0.25, -0.2) is 0 Å². The van der Waals surface area contributed by atoms with Gasteiger partial charge in [0.25, 0.3) is 0 Å². The molecule has 1 fully saturated rings. The molecule has 0 radical (unpaired) electrons. The molecular weight excluding hydrogens is 463 g/mol. The smallest absolute Gasteiger partial charge is 0.399 e. The molecule has 174 valence electrons. The fraction of sp³-hybridized carbons (Fsp3) is 0.200. The summed E-state index contributed by atoms with van der Waals surface area (Å²) in [4.78, 5) is 2.72. The zero-order valence-corrected chi connectivity index (χ0v) is 22.4. The summed E-state index contributed by atoms with van der Waals surface area (Å²) in [5, 5.41) is 5.70. The molecule has 6 rings (SSSR count). The average Bonchev–Trinajstić information content (AvgIpc) is 3.10. The van der Waals surface area contributed by atoms with Crippen molar-refractivity contribution in [2.75, 3.05) is 0 Å². The molecule has 0 saturated carbocycles. The van der Waals surface area contributed by atoms with Crippen LogP contribution in [0, 0.1) is 0 Å². The summed E-state index contributed by atoms with van der Waals surface area (Å²) in [7, 11) is -2.85. The lowest BCUT2D eigenvalue weighted by Gasteiger charge is -2.39. The van der Waals surface area contributed by atoms with E-state index in [2.05, 4.69) is 131 Å². The fourth-order valence-electron chi connectivity index (χ4n) is 5.34. The number of fused-ring (bicyclic) bond motifs is 2. The Labute approximate surface area is 213 Å². The summed E-state index contributed by atoms with van der Waals surface area (Å²) >= 11 is 1.89. The first-order valence-corrected chi connectivity index (χ1v) is 15.0. The first kappa shape index (κ1) is 22.9. The van der Waals surface area contributed by atoms with Gasteiger partial charge in [0, 0.05) is 9.79 Å². The lowest BCUT2D eigenvalue weighted by Crippen LogP contribution is -2.76. The van der Waals surface area contributed by atoms with Crippen LogP contribution in [0.15, 0.2) is 113 Å². The van der Waals surface area contributed by atoms with E-state index in [4.69, 9.17) is 9.31 Å². The molecule has 0 aliphatic carbocycles. The maximum atomic E-state index is 6.34. The summed E-state index contributed by atoms with van der Waals surface area (Å²) < 4.78 is 12.7. The highest BCUT2D eigenvalue weighted by Gasteiger charge is 2.52. The van der Waals surface area contributed by atoms with Crippen LogP contribution in [0.1, 0.15) is 27.7 Å². The minimum Gasteiger partial charge on any atom is -0.399 e. The average molecular weight is 493 g/mol. The van der Waals surface area contributed by atoms with Gasteiger partial charge in [-0.2, -0.15) is 0 Å². The third-order valence-corrected chi connectivity index (χ3v) is 14.3. The van der Waals surface area contributed by atoms with Crippen LogP contribution < -0.4 is 26.2 Å². The van der Waals surface area contributed by atoms with Crippen molar-refractivity contribution < 1.29 is 9.31 Å². The van der Waals surface area contributed by atoms with Gasteiger partial charge >= 0.3 is 7.12 Å². The molecule has 1 saturated heterocycles. The highest BCUT2D eigenvalue weighted by Crippen LogP contribution is 2.36. The Morgan fingerprint density at radius 1 is 0.571 bits per heavy atom. The van der Waals surface area contributed by atoms with Crippen molar-refractivity contribution in [2.24, 2.45) is 0 Å². The van der Waals surface area contributed by atoms with Gasteiger partial charge in [-0.3, -0.25) is 0 Å². The Morgan fingerprint density at radius 3 is 1.57 bits per heavy atom. The van der Waals surface area contributed by atoms with Crippen molar-refractivity contribution in [2.45, 2.75) is 48.7 Å². The summed E-state index contributed by atoms with van der Waals surface area (Å²) in [6.45, 7) is 8.41. The van der Waals surface area contributed by atoms with Gasteiger partial charge < -0.3 is 9.31 Å². The van der Waals surface area contributed by atoms with Crippen molar-refractivity contribution in [3.8, 4) is 0 Å². The molecule has 2 heterocycles. The Bertz CT molecular complexity index is 1320. The van der Waals surface area contributed by atoms with Crippen molar-refractivity contribution >= 4 is 53.2 Å². The van der Waals surface area contributed by atoms with Crippen molar-refractivity contribution in [3.63, 3.8) is 0 Å². The topological polar surface area (TPSA) is 18.5 Å². The SMILES string of the molecule is CC1(C)OB(c2ccc([Si]3(c4ccccc4)c4ccccc4Sc4ccccc43)cc2)OC1(C)C. The molecule has 2 aliphatic rings. The first-order chi connectivity index (χ1) is 16.8.